The van der Waals surface area contributed by atoms with Gasteiger partial charge in [0.1, 0.15) is 29.3 Å². The summed E-state index contributed by atoms with van der Waals surface area (Å²) >= 11 is 0. The van der Waals surface area contributed by atoms with Crippen molar-refractivity contribution in [1.82, 2.24) is 0 Å². The lowest BCUT2D eigenvalue weighted by molar-refractivity contribution is -0.132. The van der Waals surface area contributed by atoms with Gasteiger partial charge in [0.15, 0.2) is 11.6 Å². The Bertz CT molecular complexity index is 1290. The van der Waals surface area contributed by atoms with E-state index in [2.05, 4.69) is 0 Å². The molecular formula is C24H18O8. The van der Waals surface area contributed by atoms with Crippen LogP contribution >= 0.6 is 0 Å². The predicted molar refractivity (Wildman–Crippen MR) is 108 cm³/mol. The summed E-state index contributed by atoms with van der Waals surface area (Å²) in [5.41, 5.74) is 1.14. The number of aliphatic hydroxyl groups is 1. The molecule has 0 amide bonds. The fourth-order valence-electron chi connectivity index (χ4n) is 5.70. The van der Waals surface area contributed by atoms with Gasteiger partial charge in [0.05, 0.1) is 11.1 Å². The summed E-state index contributed by atoms with van der Waals surface area (Å²) in [5, 5.41) is 12.1. The Morgan fingerprint density at radius 3 is 2.28 bits per heavy atom. The minimum Gasteiger partial charge on any atom is -0.426 e. The lowest BCUT2D eigenvalue weighted by atomic mass is 9.58. The minimum absolute atomic E-state index is 0.0529. The molecule has 4 atom stereocenters. The van der Waals surface area contributed by atoms with E-state index in [-0.39, 0.29) is 47.0 Å². The zero-order valence-corrected chi connectivity index (χ0v) is 17.3. The highest BCUT2D eigenvalue weighted by atomic mass is 16.6. The highest BCUT2D eigenvalue weighted by Crippen LogP contribution is 2.63. The maximum atomic E-state index is 13.1. The van der Waals surface area contributed by atoms with Crippen molar-refractivity contribution >= 4 is 23.5 Å². The maximum Gasteiger partial charge on any atom is 0.308 e. The van der Waals surface area contributed by atoms with Crippen LogP contribution in [0.1, 0.15) is 64.4 Å². The zero-order valence-electron chi connectivity index (χ0n) is 17.3. The molecule has 1 fully saturated rings. The standard InChI is InChI=1S/C24H18O8/c1-9(25)30-14-6-4-12-11-3-5-15(31-10(2)26)18-16(11)20(22-23(32-22)21(18)28)24(29)8-7-13(27)17(14)19(12)24/h3-6,20,22-23,29H,7-8H2,1-2H3/t20-,22+,23-,24-/m0/s1. The second-order valence-electron chi connectivity index (χ2n) is 8.66. The van der Waals surface area contributed by atoms with E-state index in [9.17, 15) is 24.3 Å². The first kappa shape index (κ1) is 19.3. The molecule has 0 bridgehead atoms. The molecule has 1 saturated heterocycles. The molecule has 8 nitrogen and oxygen atoms in total. The van der Waals surface area contributed by atoms with Crippen molar-refractivity contribution in [1.29, 1.82) is 0 Å². The number of esters is 2. The van der Waals surface area contributed by atoms with Crippen LogP contribution in [0.3, 0.4) is 0 Å². The van der Waals surface area contributed by atoms with E-state index in [0.717, 1.165) is 0 Å². The summed E-state index contributed by atoms with van der Waals surface area (Å²) < 4.78 is 16.3. The lowest BCUT2D eigenvalue weighted by Crippen LogP contribution is -2.47. The monoisotopic (exact) mass is 434 g/mol. The van der Waals surface area contributed by atoms with Crippen LogP contribution in [0.25, 0.3) is 11.1 Å². The maximum absolute atomic E-state index is 13.1. The molecule has 4 aliphatic rings. The van der Waals surface area contributed by atoms with Crippen LogP contribution in [0.15, 0.2) is 24.3 Å². The molecule has 0 radical (unpaired) electrons. The molecule has 0 spiro atoms. The van der Waals surface area contributed by atoms with Crippen molar-refractivity contribution in [2.45, 2.75) is 50.4 Å². The van der Waals surface area contributed by atoms with E-state index in [0.29, 0.717) is 22.3 Å². The average Bonchev–Trinajstić information content (AvgIpc) is 3.51. The molecular weight excluding hydrogens is 416 g/mol. The lowest BCUT2D eigenvalue weighted by Gasteiger charge is -2.47. The highest BCUT2D eigenvalue weighted by Gasteiger charge is 2.65. The van der Waals surface area contributed by atoms with Crippen molar-refractivity contribution < 1.29 is 38.5 Å². The smallest absolute Gasteiger partial charge is 0.308 e. The second kappa shape index (κ2) is 6.11. The summed E-state index contributed by atoms with van der Waals surface area (Å²) in [6.45, 7) is 2.50. The number of carbonyl (C=O) groups excluding carboxylic acids is 4. The van der Waals surface area contributed by atoms with Gasteiger partial charge in [0.2, 0.25) is 0 Å². The number of rotatable bonds is 2. The normalized spacial score (nSPS) is 28.3. The third-order valence-electron chi connectivity index (χ3n) is 6.80. The van der Waals surface area contributed by atoms with Crippen LogP contribution in [0, 0.1) is 0 Å². The van der Waals surface area contributed by atoms with Gasteiger partial charge in [-0.25, -0.2) is 0 Å². The summed E-state index contributed by atoms with van der Waals surface area (Å²) in [4.78, 5) is 49.3. The Morgan fingerprint density at radius 2 is 1.62 bits per heavy atom. The summed E-state index contributed by atoms with van der Waals surface area (Å²) in [6.07, 6.45) is -1.09. The fraction of sp³-hybridized carbons (Fsp3) is 0.333. The molecule has 0 saturated carbocycles. The third kappa shape index (κ3) is 2.33. The second-order valence-corrected chi connectivity index (χ2v) is 8.66. The Kier molecular flexibility index (Phi) is 3.69. The van der Waals surface area contributed by atoms with Crippen molar-refractivity contribution in [2.75, 3.05) is 0 Å². The Labute approximate surface area is 182 Å². The molecule has 6 rings (SSSR count). The van der Waals surface area contributed by atoms with Crippen LogP contribution in [0.4, 0.5) is 0 Å². The summed E-state index contributed by atoms with van der Waals surface area (Å²) in [5.74, 6) is -2.01. The Hall–Kier alpha value is -3.36. The molecule has 0 aromatic heterocycles. The van der Waals surface area contributed by atoms with Gasteiger partial charge in [-0.3, -0.25) is 19.2 Å². The van der Waals surface area contributed by atoms with Crippen LogP contribution in [-0.4, -0.2) is 40.8 Å². The van der Waals surface area contributed by atoms with Gasteiger partial charge in [0, 0.05) is 31.7 Å². The van der Waals surface area contributed by atoms with E-state index in [1.54, 1.807) is 18.2 Å². The largest absolute Gasteiger partial charge is 0.426 e. The Morgan fingerprint density at radius 1 is 1.00 bits per heavy atom. The van der Waals surface area contributed by atoms with Crippen molar-refractivity contribution in [3.63, 3.8) is 0 Å². The first-order chi connectivity index (χ1) is 15.2. The number of Topliss-reactive ketones (excluding diaryl/α,β-unsaturated/α-hetero) is 2. The van der Waals surface area contributed by atoms with Gasteiger partial charge in [0.25, 0.3) is 0 Å². The summed E-state index contributed by atoms with van der Waals surface area (Å²) in [6, 6.07) is 6.49. The SMILES string of the molecule is CC(=O)Oc1ccc2c3c1C(=O)[C@@H]1O[C@@H]1[C@H]3[C@]1(O)CCC(=O)c3c(OC(C)=O)ccc-2c31. The van der Waals surface area contributed by atoms with Gasteiger partial charge < -0.3 is 19.3 Å². The van der Waals surface area contributed by atoms with E-state index in [4.69, 9.17) is 14.2 Å². The predicted octanol–water partition coefficient (Wildman–Crippen LogP) is 2.43. The number of ether oxygens (including phenoxy) is 3. The van der Waals surface area contributed by atoms with Crippen molar-refractivity contribution in [2.24, 2.45) is 0 Å². The van der Waals surface area contributed by atoms with E-state index in [1.165, 1.54) is 19.9 Å². The molecule has 162 valence electrons. The van der Waals surface area contributed by atoms with Gasteiger partial charge in [-0.2, -0.15) is 0 Å². The zero-order chi connectivity index (χ0) is 22.5. The van der Waals surface area contributed by atoms with Gasteiger partial charge in [-0.05, 0) is 35.2 Å². The Balaban J connectivity index is 1.70. The first-order valence-electron chi connectivity index (χ1n) is 10.4. The number of fused-ring (bicyclic) bond motifs is 4. The minimum atomic E-state index is -1.51. The van der Waals surface area contributed by atoms with Crippen molar-refractivity contribution in [3.8, 4) is 22.6 Å². The molecule has 1 heterocycles. The van der Waals surface area contributed by atoms with Gasteiger partial charge in [-0.15, -0.1) is 0 Å². The number of carbonyl (C=O) groups is 4. The van der Waals surface area contributed by atoms with Gasteiger partial charge >= 0.3 is 11.9 Å². The number of hydrogen-bond donors (Lipinski definition) is 1. The number of benzene rings is 2. The van der Waals surface area contributed by atoms with Crippen LogP contribution < -0.4 is 9.47 Å². The third-order valence-corrected chi connectivity index (χ3v) is 6.80. The molecule has 2 aromatic rings. The van der Waals surface area contributed by atoms with Gasteiger partial charge in [-0.1, -0.05) is 12.1 Å². The highest BCUT2D eigenvalue weighted by molar-refractivity contribution is 6.11. The summed E-state index contributed by atoms with van der Waals surface area (Å²) in [7, 11) is 0. The van der Waals surface area contributed by atoms with E-state index in [1.807, 2.05) is 0 Å². The molecule has 32 heavy (non-hydrogen) atoms. The van der Waals surface area contributed by atoms with Crippen LogP contribution in [0.2, 0.25) is 0 Å². The van der Waals surface area contributed by atoms with Crippen LogP contribution in [-0.2, 0) is 19.9 Å². The average molecular weight is 434 g/mol. The fourth-order valence-corrected chi connectivity index (χ4v) is 5.70. The van der Waals surface area contributed by atoms with Crippen LogP contribution in [0.5, 0.6) is 11.5 Å². The van der Waals surface area contributed by atoms with Crippen molar-refractivity contribution in [3.05, 3.63) is 46.5 Å². The quantitative estimate of drug-likeness (QED) is 0.435. The molecule has 0 unspecified atom stereocenters. The molecule has 8 heteroatoms. The molecule has 1 N–H and O–H groups in total. The first-order valence-corrected chi connectivity index (χ1v) is 10.4. The number of ketones is 2. The molecule has 3 aliphatic carbocycles. The van der Waals surface area contributed by atoms with E-state index < -0.39 is 35.7 Å². The van der Waals surface area contributed by atoms with E-state index >= 15 is 0 Å². The number of epoxide rings is 1. The number of hydrogen-bond acceptors (Lipinski definition) is 8. The topological polar surface area (TPSA) is 120 Å². The molecule has 2 aromatic carbocycles. The molecule has 1 aliphatic heterocycles.